The molecule has 2 aromatic heterocycles. The molecule has 0 fully saturated rings. The van der Waals surface area contributed by atoms with E-state index in [1.807, 2.05) is 37.3 Å². The predicted octanol–water partition coefficient (Wildman–Crippen LogP) is 6.40. The number of rotatable bonds is 8. The second kappa shape index (κ2) is 10.9. The van der Waals surface area contributed by atoms with Crippen molar-refractivity contribution >= 4 is 70.7 Å². The summed E-state index contributed by atoms with van der Waals surface area (Å²) in [6.07, 6.45) is 0. The van der Waals surface area contributed by atoms with E-state index in [-0.39, 0.29) is 12.3 Å². The van der Waals surface area contributed by atoms with E-state index in [9.17, 15) is 22.6 Å². The number of thiazole rings is 2. The minimum absolute atomic E-state index is 0.0348. The molecule has 10 nitrogen and oxygen atoms in total. The van der Waals surface area contributed by atoms with Crippen molar-refractivity contribution in [3.05, 3.63) is 60.2 Å². The number of aromatic nitrogens is 2. The van der Waals surface area contributed by atoms with Crippen LogP contribution in [0.2, 0.25) is 0 Å². The van der Waals surface area contributed by atoms with Crippen LogP contribution in [0.1, 0.15) is 19.4 Å². The van der Waals surface area contributed by atoms with Gasteiger partial charge in [-0.1, -0.05) is 6.07 Å². The Hall–Kier alpha value is -3.91. The topological polar surface area (TPSA) is 148 Å². The van der Waals surface area contributed by atoms with Crippen molar-refractivity contribution in [2.75, 3.05) is 6.61 Å². The number of carbonyl (C=O) groups excluding carboxylic acids is 2. The third-order valence-corrected chi connectivity index (χ3v) is 8.86. The number of fused-ring (bicyclic) bond motifs is 2. The second-order valence-electron chi connectivity index (χ2n) is 8.83. The van der Waals surface area contributed by atoms with Gasteiger partial charge in [0.1, 0.15) is 20.6 Å². The van der Waals surface area contributed by atoms with Crippen LogP contribution < -0.4 is 0 Å². The maximum absolute atomic E-state index is 12.2. The Morgan fingerprint density at radius 3 is 2.17 bits per heavy atom. The highest BCUT2D eigenvalue weighted by Gasteiger charge is 2.25. The first-order valence-electron chi connectivity index (χ1n) is 12.0. The molecule has 0 aliphatic heterocycles. The molecule has 40 heavy (non-hydrogen) atoms. The average molecular weight is 595 g/mol. The molecular weight excluding hydrogens is 573 g/mol. The van der Waals surface area contributed by atoms with Crippen LogP contribution in [0.25, 0.3) is 41.6 Å². The lowest BCUT2D eigenvalue weighted by Gasteiger charge is -2.08. The summed E-state index contributed by atoms with van der Waals surface area (Å²) in [5.41, 5.74) is 3.95. The quantitative estimate of drug-likeness (QED) is 0.0939. The molecule has 0 unspecified atom stereocenters. The molecule has 1 N–H and O–H groups in total. The summed E-state index contributed by atoms with van der Waals surface area (Å²) in [7, 11) is -4.74. The highest BCUT2D eigenvalue weighted by Crippen LogP contribution is 2.37. The molecule has 13 heteroatoms. The summed E-state index contributed by atoms with van der Waals surface area (Å²) >= 11 is 2.96. The fraction of sp³-hybridized carbons (Fsp3) is 0.185. The zero-order valence-corrected chi connectivity index (χ0v) is 23.9. The molecule has 0 spiro atoms. The fourth-order valence-corrected chi connectivity index (χ4v) is 6.62. The Kier molecular flexibility index (Phi) is 7.55. The number of aryl methyl sites for hydroxylation is 1. The standard InChI is InChI=1S/C27H22N4O6S3/c1-4-37-27(33)24(15(3)32)31-30-20-10-7-17(13-23(20)40(34,35)36)26-29-19-9-6-16(12-22(19)39-26)25-28-18-8-5-14(2)11-21(18)38-25/h5-13,24H,4H2,1-3H3,(H,34,35,36)/t24-/m1/s1. The van der Waals surface area contributed by atoms with E-state index >= 15 is 0 Å². The van der Waals surface area contributed by atoms with Gasteiger partial charge in [-0.25, -0.2) is 14.8 Å². The fourth-order valence-electron chi connectivity index (χ4n) is 3.91. The van der Waals surface area contributed by atoms with Gasteiger partial charge in [-0.15, -0.1) is 22.7 Å². The minimum atomic E-state index is -4.74. The summed E-state index contributed by atoms with van der Waals surface area (Å²) in [5.74, 6) is -1.53. The van der Waals surface area contributed by atoms with Crippen LogP contribution >= 0.6 is 22.7 Å². The minimum Gasteiger partial charge on any atom is -0.464 e. The summed E-state index contributed by atoms with van der Waals surface area (Å²) < 4.78 is 41.1. The number of hydrogen-bond donors (Lipinski definition) is 1. The number of ether oxygens (including phenoxy) is 1. The van der Waals surface area contributed by atoms with Crippen molar-refractivity contribution in [2.45, 2.75) is 31.7 Å². The van der Waals surface area contributed by atoms with Gasteiger partial charge in [0.05, 0.1) is 27.0 Å². The molecule has 0 aliphatic rings. The summed E-state index contributed by atoms with van der Waals surface area (Å²) in [6.45, 7) is 4.79. The van der Waals surface area contributed by atoms with E-state index in [2.05, 4.69) is 21.3 Å². The second-order valence-corrected chi connectivity index (χ2v) is 12.3. The number of azo groups is 1. The first-order valence-corrected chi connectivity index (χ1v) is 15.1. The van der Waals surface area contributed by atoms with Crippen molar-refractivity contribution in [1.82, 2.24) is 9.97 Å². The molecule has 1 atom stereocenters. The van der Waals surface area contributed by atoms with Crippen molar-refractivity contribution < 1.29 is 27.3 Å². The maximum Gasteiger partial charge on any atom is 0.340 e. The van der Waals surface area contributed by atoms with Crippen LogP contribution in [-0.4, -0.2) is 47.3 Å². The summed E-state index contributed by atoms with van der Waals surface area (Å²) in [4.78, 5) is 32.7. The normalized spacial score (nSPS) is 12.8. The Bertz CT molecular complexity index is 1930. The van der Waals surface area contributed by atoms with Crippen LogP contribution in [0, 0.1) is 6.92 Å². The molecule has 0 radical (unpaired) electrons. The first-order chi connectivity index (χ1) is 19.0. The van der Waals surface area contributed by atoms with Crippen LogP contribution in [-0.2, 0) is 24.4 Å². The van der Waals surface area contributed by atoms with Gasteiger partial charge >= 0.3 is 5.97 Å². The lowest BCUT2D eigenvalue weighted by molar-refractivity contribution is -0.147. The van der Waals surface area contributed by atoms with Gasteiger partial charge in [0.25, 0.3) is 10.1 Å². The van der Waals surface area contributed by atoms with Crippen LogP contribution in [0.4, 0.5) is 5.69 Å². The molecule has 5 aromatic rings. The average Bonchev–Trinajstić information content (AvgIpc) is 3.51. The molecule has 0 saturated heterocycles. The highest BCUT2D eigenvalue weighted by molar-refractivity contribution is 7.86. The van der Waals surface area contributed by atoms with Gasteiger partial charge in [0.15, 0.2) is 5.78 Å². The molecule has 3 aromatic carbocycles. The smallest absolute Gasteiger partial charge is 0.340 e. The van der Waals surface area contributed by atoms with E-state index in [0.29, 0.717) is 10.6 Å². The van der Waals surface area contributed by atoms with E-state index < -0.39 is 32.8 Å². The largest absolute Gasteiger partial charge is 0.464 e. The lowest BCUT2D eigenvalue weighted by atomic mass is 10.2. The van der Waals surface area contributed by atoms with Gasteiger partial charge in [0.2, 0.25) is 6.04 Å². The molecule has 0 aliphatic carbocycles. The third-order valence-electron chi connectivity index (χ3n) is 5.84. The van der Waals surface area contributed by atoms with Crippen LogP contribution in [0.5, 0.6) is 0 Å². The zero-order valence-electron chi connectivity index (χ0n) is 21.5. The van der Waals surface area contributed by atoms with E-state index in [1.165, 1.54) is 29.0 Å². The van der Waals surface area contributed by atoms with Gasteiger partial charge < -0.3 is 4.74 Å². The Labute approximate surface area is 237 Å². The van der Waals surface area contributed by atoms with Crippen molar-refractivity contribution in [1.29, 1.82) is 0 Å². The first kappa shape index (κ1) is 27.6. The number of hydrogen-bond acceptors (Lipinski definition) is 11. The molecular formula is C27H22N4O6S3. The highest BCUT2D eigenvalue weighted by atomic mass is 32.2. The molecule has 2 heterocycles. The number of carbonyl (C=O) groups is 2. The predicted molar refractivity (Wildman–Crippen MR) is 154 cm³/mol. The molecule has 5 rings (SSSR count). The van der Waals surface area contributed by atoms with Crippen molar-refractivity contribution in [3.63, 3.8) is 0 Å². The Balaban J connectivity index is 1.50. The SMILES string of the molecule is CCOC(=O)[C@H](N=Nc1ccc(-c2nc3ccc(-c4nc5ccc(C)cc5s4)cc3s2)cc1S(=O)(=O)O)C(C)=O. The molecule has 204 valence electrons. The zero-order chi connectivity index (χ0) is 28.6. The van der Waals surface area contributed by atoms with Gasteiger partial charge in [-0.3, -0.25) is 9.35 Å². The van der Waals surface area contributed by atoms with Crippen molar-refractivity contribution in [3.8, 4) is 21.1 Å². The lowest BCUT2D eigenvalue weighted by Crippen LogP contribution is -2.28. The summed E-state index contributed by atoms with van der Waals surface area (Å²) in [5, 5.41) is 8.88. The van der Waals surface area contributed by atoms with E-state index in [1.54, 1.807) is 24.3 Å². The number of Topliss-reactive ketones (excluding diaryl/α,β-unsaturated/α-hetero) is 1. The van der Waals surface area contributed by atoms with Crippen LogP contribution in [0.15, 0.2) is 69.7 Å². The van der Waals surface area contributed by atoms with Crippen LogP contribution in [0.3, 0.4) is 0 Å². The summed E-state index contributed by atoms with van der Waals surface area (Å²) in [6, 6.07) is 14.5. The number of esters is 1. The number of benzene rings is 3. The molecule has 0 saturated carbocycles. The number of ketones is 1. The third kappa shape index (κ3) is 5.68. The van der Waals surface area contributed by atoms with Gasteiger partial charge in [-0.2, -0.15) is 18.6 Å². The maximum atomic E-state index is 12.2. The van der Waals surface area contributed by atoms with Crippen molar-refractivity contribution in [2.24, 2.45) is 10.2 Å². The molecule has 0 amide bonds. The van der Waals surface area contributed by atoms with E-state index in [0.717, 1.165) is 37.9 Å². The molecule has 0 bridgehead atoms. The monoisotopic (exact) mass is 594 g/mol. The number of nitrogens with zero attached hydrogens (tertiary/aromatic N) is 4. The Morgan fingerprint density at radius 2 is 1.55 bits per heavy atom. The van der Waals surface area contributed by atoms with E-state index in [4.69, 9.17) is 9.72 Å². The Morgan fingerprint density at radius 1 is 0.950 bits per heavy atom. The van der Waals surface area contributed by atoms with Gasteiger partial charge in [-0.05, 0) is 74.9 Å². The van der Waals surface area contributed by atoms with Gasteiger partial charge in [0, 0.05) is 11.1 Å².